The fourth-order valence-electron chi connectivity index (χ4n) is 3.39. The van der Waals surface area contributed by atoms with E-state index in [1.807, 2.05) is 24.0 Å². The van der Waals surface area contributed by atoms with Crippen molar-refractivity contribution in [3.63, 3.8) is 0 Å². The van der Waals surface area contributed by atoms with Gasteiger partial charge in [0, 0.05) is 13.1 Å². The predicted octanol–water partition coefficient (Wildman–Crippen LogP) is -0.309. The molecule has 6 nitrogen and oxygen atoms in total. The molecule has 2 saturated heterocycles. The summed E-state index contributed by atoms with van der Waals surface area (Å²) in [4.78, 5) is 14.1. The molecule has 0 bridgehead atoms. The predicted molar refractivity (Wildman–Crippen MR) is 78.4 cm³/mol. The van der Waals surface area contributed by atoms with Crippen LogP contribution in [0.2, 0.25) is 0 Å². The Morgan fingerprint density at radius 3 is 2.68 bits per heavy atom. The van der Waals surface area contributed by atoms with Crippen LogP contribution >= 0.6 is 0 Å². The normalized spacial score (nSPS) is 35.2. The van der Waals surface area contributed by atoms with Gasteiger partial charge in [-0.1, -0.05) is 18.2 Å². The molecule has 0 amide bonds. The van der Waals surface area contributed by atoms with Gasteiger partial charge in [0.25, 0.3) is 0 Å². The van der Waals surface area contributed by atoms with E-state index in [9.17, 15) is 20.1 Å². The van der Waals surface area contributed by atoms with Gasteiger partial charge in [-0.25, -0.2) is 4.79 Å². The van der Waals surface area contributed by atoms with Gasteiger partial charge in [-0.2, -0.15) is 0 Å². The molecular formula is C16H21NO5. The third kappa shape index (κ3) is 2.63. The number of benzene rings is 1. The summed E-state index contributed by atoms with van der Waals surface area (Å²) in [6, 6.07) is 6.59. The number of ether oxygens (including phenoxy) is 1. The van der Waals surface area contributed by atoms with E-state index in [1.165, 1.54) is 0 Å². The van der Waals surface area contributed by atoms with Crippen LogP contribution in [0.5, 0.6) is 0 Å². The second-order valence-corrected chi connectivity index (χ2v) is 6.08. The van der Waals surface area contributed by atoms with Crippen molar-refractivity contribution in [3.8, 4) is 0 Å². The first-order valence-electron chi connectivity index (χ1n) is 7.54. The molecule has 0 spiro atoms. The molecule has 2 aliphatic heterocycles. The molecule has 1 aromatic rings. The van der Waals surface area contributed by atoms with Crippen molar-refractivity contribution in [2.24, 2.45) is 0 Å². The second-order valence-electron chi connectivity index (χ2n) is 6.08. The molecule has 2 fully saturated rings. The van der Waals surface area contributed by atoms with E-state index in [4.69, 9.17) is 4.74 Å². The minimum atomic E-state index is -1.19. The van der Waals surface area contributed by atoms with Gasteiger partial charge in [-0.05, 0) is 25.0 Å². The Labute approximate surface area is 128 Å². The van der Waals surface area contributed by atoms with E-state index in [2.05, 4.69) is 0 Å². The molecule has 3 rings (SSSR count). The molecule has 0 saturated carbocycles. The molecule has 0 aromatic heterocycles. The molecule has 3 N–H and O–H groups in total. The number of aryl methyl sites for hydroxylation is 1. The first-order valence-corrected chi connectivity index (χ1v) is 7.54. The van der Waals surface area contributed by atoms with Crippen molar-refractivity contribution < 1.29 is 24.9 Å². The highest BCUT2D eigenvalue weighted by Gasteiger charge is 2.49. The zero-order chi connectivity index (χ0) is 15.9. The van der Waals surface area contributed by atoms with Crippen molar-refractivity contribution in [2.75, 3.05) is 13.1 Å². The van der Waals surface area contributed by atoms with Crippen molar-refractivity contribution in [2.45, 2.75) is 43.8 Å². The van der Waals surface area contributed by atoms with Gasteiger partial charge in [0.05, 0.1) is 17.7 Å². The van der Waals surface area contributed by atoms with Crippen LogP contribution in [-0.2, 0) is 4.74 Å². The van der Waals surface area contributed by atoms with E-state index in [-0.39, 0.29) is 0 Å². The lowest BCUT2D eigenvalue weighted by molar-refractivity contribution is -0.143. The van der Waals surface area contributed by atoms with Gasteiger partial charge in [0.1, 0.15) is 18.3 Å². The monoisotopic (exact) mass is 307 g/mol. The maximum atomic E-state index is 12.3. The molecule has 22 heavy (non-hydrogen) atoms. The van der Waals surface area contributed by atoms with Crippen molar-refractivity contribution in [1.82, 2.24) is 4.90 Å². The van der Waals surface area contributed by atoms with E-state index in [0.29, 0.717) is 25.1 Å². The van der Waals surface area contributed by atoms with Crippen LogP contribution in [0, 0.1) is 6.92 Å². The van der Waals surface area contributed by atoms with Gasteiger partial charge in [0.15, 0.2) is 0 Å². The molecular weight excluding hydrogens is 286 g/mol. The summed E-state index contributed by atoms with van der Waals surface area (Å²) in [7, 11) is 0. The SMILES string of the molecule is Cc1ccccc1C(=O)O[C@H]1CN2CC[C@H](O)[C@@H]2[C@@H](O)[C@@H]1O. The van der Waals surface area contributed by atoms with E-state index < -0.39 is 36.4 Å². The number of aliphatic hydroxyl groups is 3. The minimum Gasteiger partial charge on any atom is -0.455 e. The minimum absolute atomic E-state index is 0.317. The maximum absolute atomic E-state index is 12.3. The number of esters is 1. The Kier molecular flexibility index (Phi) is 4.18. The van der Waals surface area contributed by atoms with Crippen LogP contribution < -0.4 is 0 Å². The number of carbonyl (C=O) groups is 1. The number of piperidine rings is 1. The summed E-state index contributed by atoms with van der Waals surface area (Å²) >= 11 is 0. The Balaban J connectivity index is 1.73. The molecule has 0 unspecified atom stereocenters. The Bertz CT molecular complexity index is 563. The zero-order valence-corrected chi connectivity index (χ0v) is 12.4. The van der Waals surface area contributed by atoms with Gasteiger partial charge < -0.3 is 20.1 Å². The molecule has 120 valence electrons. The fraction of sp³-hybridized carbons (Fsp3) is 0.562. The Morgan fingerprint density at radius 2 is 1.95 bits per heavy atom. The highest BCUT2D eigenvalue weighted by Crippen LogP contribution is 2.29. The van der Waals surface area contributed by atoms with Crippen LogP contribution in [0.15, 0.2) is 24.3 Å². The van der Waals surface area contributed by atoms with Crippen LogP contribution in [0.1, 0.15) is 22.3 Å². The summed E-state index contributed by atoms with van der Waals surface area (Å²) in [6.45, 7) is 2.75. The lowest BCUT2D eigenvalue weighted by atomic mass is 9.93. The number of hydrogen-bond donors (Lipinski definition) is 3. The second kappa shape index (κ2) is 5.96. The quantitative estimate of drug-likeness (QED) is 0.650. The topological polar surface area (TPSA) is 90.2 Å². The first kappa shape index (κ1) is 15.4. The first-order chi connectivity index (χ1) is 10.5. The van der Waals surface area contributed by atoms with Crippen LogP contribution in [0.25, 0.3) is 0 Å². The van der Waals surface area contributed by atoms with Crippen LogP contribution in [0.4, 0.5) is 0 Å². The molecule has 5 atom stereocenters. The van der Waals surface area contributed by atoms with E-state index in [1.54, 1.807) is 12.1 Å². The van der Waals surface area contributed by atoms with Crippen molar-refractivity contribution in [3.05, 3.63) is 35.4 Å². The van der Waals surface area contributed by atoms with Crippen LogP contribution in [-0.4, -0.2) is 69.7 Å². The average Bonchev–Trinajstić information content (AvgIpc) is 2.86. The van der Waals surface area contributed by atoms with Crippen molar-refractivity contribution >= 4 is 5.97 Å². The number of hydrogen-bond acceptors (Lipinski definition) is 6. The third-order valence-electron chi connectivity index (χ3n) is 4.65. The molecule has 1 aromatic carbocycles. The molecule has 0 radical (unpaired) electrons. The summed E-state index contributed by atoms with van der Waals surface area (Å²) in [6.07, 6.45) is -3.23. The number of carbonyl (C=O) groups excluding carboxylic acids is 1. The summed E-state index contributed by atoms with van der Waals surface area (Å²) in [5.41, 5.74) is 1.25. The van der Waals surface area contributed by atoms with E-state index in [0.717, 1.165) is 5.56 Å². The highest BCUT2D eigenvalue weighted by atomic mass is 16.6. The van der Waals surface area contributed by atoms with Crippen molar-refractivity contribution in [1.29, 1.82) is 0 Å². The number of fused-ring (bicyclic) bond motifs is 1. The lowest BCUT2D eigenvalue weighted by Crippen LogP contribution is -2.62. The standard InChI is InChI=1S/C16H21NO5/c1-9-4-2-3-5-10(9)16(21)22-12-8-17-7-6-11(18)13(17)15(20)14(12)19/h2-5,11-15,18-20H,6-8H2,1H3/t11-,12-,13+,14+,15+/m0/s1. The van der Waals surface area contributed by atoms with Gasteiger partial charge >= 0.3 is 5.97 Å². The fourth-order valence-corrected chi connectivity index (χ4v) is 3.39. The summed E-state index contributed by atoms with van der Waals surface area (Å²) < 4.78 is 5.41. The molecule has 2 aliphatic rings. The summed E-state index contributed by atoms with van der Waals surface area (Å²) in [5.74, 6) is -0.507. The smallest absolute Gasteiger partial charge is 0.338 e. The Hall–Kier alpha value is -1.47. The summed E-state index contributed by atoms with van der Waals surface area (Å²) in [5, 5.41) is 30.3. The van der Waals surface area contributed by atoms with Gasteiger partial charge in [-0.15, -0.1) is 0 Å². The number of aliphatic hydroxyl groups excluding tert-OH is 3. The van der Waals surface area contributed by atoms with Gasteiger partial charge in [0.2, 0.25) is 0 Å². The number of rotatable bonds is 2. The molecule has 0 aliphatic carbocycles. The Morgan fingerprint density at radius 1 is 1.23 bits per heavy atom. The third-order valence-corrected chi connectivity index (χ3v) is 4.65. The van der Waals surface area contributed by atoms with E-state index >= 15 is 0 Å². The van der Waals surface area contributed by atoms with Crippen LogP contribution in [0.3, 0.4) is 0 Å². The lowest BCUT2D eigenvalue weighted by Gasteiger charge is -2.42. The molecule has 6 heteroatoms. The van der Waals surface area contributed by atoms with Gasteiger partial charge in [-0.3, -0.25) is 4.90 Å². The maximum Gasteiger partial charge on any atom is 0.338 e. The average molecular weight is 307 g/mol. The largest absolute Gasteiger partial charge is 0.455 e. The highest BCUT2D eigenvalue weighted by molar-refractivity contribution is 5.91. The zero-order valence-electron chi connectivity index (χ0n) is 12.4. The molecule has 2 heterocycles. The number of nitrogens with zero attached hydrogens (tertiary/aromatic N) is 1.